The Kier molecular flexibility index (Phi) is 6.60. The highest BCUT2D eigenvalue weighted by molar-refractivity contribution is 6.46. The number of halogens is 1. The molecule has 0 bridgehead atoms. The third-order valence-electron chi connectivity index (χ3n) is 5.08. The molecule has 3 rings (SSSR count). The Morgan fingerprint density at radius 2 is 1.86 bits per heavy atom. The van der Waals surface area contributed by atoms with Gasteiger partial charge in [-0.2, -0.15) is 0 Å². The molecule has 1 heterocycles. The standard InChI is InChI=1S/C23H24ClNO4/c1-3-4-8-13-25-20(15-9-6-5-7-10-15)19(22(27)23(25)28)21(26)16-11-12-18(29-2)17(24)14-16/h5-7,9-12,14,20,26H,3-4,8,13H2,1-2H3/b21-19-. The smallest absolute Gasteiger partial charge is 0.295 e. The van der Waals surface area contributed by atoms with Crippen LogP contribution in [0.2, 0.25) is 5.02 Å². The van der Waals surface area contributed by atoms with Crippen LogP contribution in [0.25, 0.3) is 5.76 Å². The summed E-state index contributed by atoms with van der Waals surface area (Å²) >= 11 is 6.19. The predicted octanol–water partition coefficient (Wildman–Crippen LogP) is 4.96. The summed E-state index contributed by atoms with van der Waals surface area (Å²) in [6.45, 7) is 2.54. The lowest BCUT2D eigenvalue weighted by molar-refractivity contribution is -0.139. The van der Waals surface area contributed by atoms with Crippen LogP contribution in [0.4, 0.5) is 0 Å². The monoisotopic (exact) mass is 413 g/mol. The quantitative estimate of drug-likeness (QED) is 0.301. The van der Waals surface area contributed by atoms with Crippen molar-refractivity contribution < 1.29 is 19.4 Å². The van der Waals surface area contributed by atoms with E-state index in [-0.39, 0.29) is 11.3 Å². The molecule has 6 heteroatoms. The summed E-state index contributed by atoms with van der Waals surface area (Å²) < 4.78 is 5.15. The third kappa shape index (κ3) is 4.15. The minimum absolute atomic E-state index is 0.0823. The van der Waals surface area contributed by atoms with E-state index in [0.717, 1.165) is 24.8 Å². The molecule has 0 saturated carbocycles. The summed E-state index contributed by atoms with van der Waals surface area (Å²) in [5, 5.41) is 11.3. The molecule has 1 atom stereocenters. The molecule has 1 unspecified atom stereocenters. The Hall–Kier alpha value is -2.79. The van der Waals surface area contributed by atoms with Crippen LogP contribution in [0, 0.1) is 0 Å². The zero-order chi connectivity index (χ0) is 21.0. The van der Waals surface area contributed by atoms with Gasteiger partial charge in [0.25, 0.3) is 11.7 Å². The van der Waals surface area contributed by atoms with Gasteiger partial charge in [0.1, 0.15) is 11.5 Å². The van der Waals surface area contributed by atoms with E-state index < -0.39 is 17.7 Å². The van der Waals surface area contributed by atoms with Crippen molar-refractivity contribution in [3.63, 3.8) is 0 Å². The summed E-state index contributed by atoms with van der Waals surface area (Å²) in [5.74, 6) is -1.04. The van der Waals surface area contributed by atoms with Crippen molar-refractivity contribution in [1.29, 1.82) is 0 Å². The van der Waals surface area contributed by atoms with Crippen molar-refractivity contribution in [2.75, 3.05) is 13.7 Å². The number of aliphatic hydroxyl groups excluding tert-OH is 1. The number of benzene rings is 2. The second-order valence-electron chi connectivity index (χ2n) is 6.96. The van der Waals surface area contributed by atoms with Gasteiger partial charge in [0.15, 0.2) is 0 Å². The number of likely N-dealkylation sites (tertiary alicyclic amines) is 1. The molecule has 2 aromatic rings. The van der Waals surface area contributed by atoms with E-state index in [0.29, 0.717) is 22.9 Å². The van der Waals surface area contributed by atoms with Crippen molar-refractivity contribution in [3.8, 4) is 5.75 Å². The van der Waals surface area contributed by atoms with Crippen molar-refractivity contribution in [2.45, 2.75) is 32.2 Å². The number of methoxy groups -OCH3 is 1. The van der Waals surface area contributed by atoms with Crippen LogP contribution in [0.5, 0.6) is 5.75 Å². The Labute approximate surface area is 175 Å². The molecule has 0 aliphatic carbocycles. The first-order valence-electron chi connectivity index (χ1n) is 9.66. The lowest BCUT2D eigenvalue weighted by Gasteiger charge is -2.25. The highest BCUT2D eigenvalue weighted by Crippen LogP contribution is 2.40. The molecule has 152 valence electrons. The first-order chi connectivity index (χ1) is 14.0. The number of aliphatic hydroxyl groups is 1. The fraction of sp³-hybridized carbons (Fsp3) is 0.304. The zero-order valence-electron chi connectivity index (χ0n) is 16.5. The number of ketones is 1. The number of ether oxygens (including phenoxy) is 1. The number of carbonyl (C=O) groups is 2. The summed E-state index contributed by atoms with van der Waals surface area (Å²) in [6, 6.07) is 13.4. The fourth-order valence-electron chi connectivity index (χ4n) is 3.59. The second-order valence-corrected chi connectivity index (χ2v) is 7.37. The lowest BCUT2D eigenvalue weighted by atomic mass is 9.95. The van der Waals surface area contributed by atoms with Gasteiger partial charge in [-0.1, -0.05) is 61.7 Å². The van der Waals surface area contributed by atoms with Gasteiger partial charge in [-0.25, -0.2) is 0 Å². The van der Waals surface area contributed by atoms with E-state index in [1.807, 2.05) is 30.3 Å². The number of amides is 1. The van der Waals surface area contributed by atoms with E-state index in [2.05, 4.69) is 6.92 Å². The van der Waals surface area contributed by atoms with Crippen LogP contribution in [0.15, 0.2) is 54.1 Å². The Morgan fingerprint density at radius 1 is 1.14 bits per heavy atom. The first-order valence-corrected chi connectivity index (χ1v) is 10.0. The van der Waals surface area contributed by atoms with E-state index in [1.165, 1.54) is 13.2 Å². The Bertz CT molecular complexity index is 939. The molecule has 1 fully saturated rings. The van der Waals surface area contributed by atoms with Crippen molar-refractivity contribution in [3.05, 3.63) is 70.3 Å². The number of unbranched alkanes of at least 4 members (excludes halogenated alkanes) is 2. The largest absolute Gasteiger partial charge is 0.507 e. The normalized spacial score (nSPS) is 18.3. The average Bonchev–Trinajstić information content (AvgIpc) is 2.99. The summed E-state index contributed by atoms with van der Waals surface area (Å²) in [5.41, 5.74) is 1.23. The molecular weight excluding hydrogens is 390 g/mol. The van der Waals surface area contributed by atoms with Gasteiger partial charge in [-0.05, 0) is 30.2 Å². The molecule has 0 radical (unpaired) electrons. The lowest BCUT2D eigenvalue weighted by Crippen LogP contribution is -2.30. The van der Waals surface area contributed by atoms with Gasteiger partial charge in [0, 0.05) is 12.1 Å². The molecule has 1 N–H and O–H groups in total. The fourth-order valence-corrected chi connectivity index (χ4v) is 3.85. The van der Waals surface area contributed by atoms with Crippen molar-refractivity contribution in [1.82, 2.24) is 4.90 Å². The van der Waals surface area contributed by atoms with Gasteiger partial charge >= 0.3 is 0 Å². The Balaban J connectivity index is 2.11. The Morgan fingerprint density at radius 3 is 2.48 bits per heavy atom. The molecular formula is C23H24ClNO4. The number of Topliss-reactive ketones (excluding diaryl/α,β-unsaturated/α-hetero) is 1. The number of rotatable bonds is 7. The molecule has 5 nitrogen and oxygen atoms in total. The molecule has 1 aliphatic rings. The molecule has 1 saturated heterocycles. The minimum atomic E-state index is -0.681. The maximum atomic E-state index is 12.9. The van der Waals surface area contributed by atoms with E-state index in [4.69, 9.17) is 16.3 Å². The molecule has 29 heavy (non-hydrogen) atoms. The van der Waals surface area contributed by atoms with Crippen LogP contribution >= 0.6 is 11.6 Å². The van der Waals surface area contributed by atoms with E-state index in [9.17, 15) is 14.7 Å². The van der Waals surface area contributed by atoms with Crippen LogP contribution in [-0.4, -0.2) is 35.4 Å². The van der Waals surface area contributed by atoms with Gasteiger partial charge in [0.05, 0.1) is 23.7 Å². The van der Waals surface area contributed by atoms with Crippen LogP contribution in [0.1, 0.15) is 43.4 Å². The summed E-state index contributed by atoms with van der Waals surface area (Å²) in [7, 11) is 1.50. The van der Waals surface area contributed by atoms with Crippen molar-refractivity contribution >= 4 is 29.1 Å². The van der Waals surface area contributed by atoms with Crippen LogP contribution in [-0.2, 0) is 9.59 Å². The van der Waals surface area contributed by atoms with E-state index >= 15 is 0 Å². The predicted molar refractivity (Wildman–Crippen MR) is 113 cm³/mol. The average molecular weight is 414 g/mol. The zero-order valence-corrected chi connectivity index (χ0v) is 17.3. The topological polar surface area (TPSA) is 66.8 Å². The molecule has 1 amide bonds. The molecule has 0 spiro atoms. The van der Waals surface area contributed by atoms with Gasteiger partial charge in [-0.3, -0.25) is 9.59 Å². The highest BCUT2D eigenvalue weighted by atomic mass is 35.5. The highest BCUT2D eigenvalue weighted by Gasteiger charge is 2.45. The third-order valence-corrected chi connectivity index (χ3v) is 5.38. The SMILES string of the molecule is CCCCCN1C(=O)C(=O)/C(=C(\O)c2ccc(OC)c(Cl)c2)C1c1ccccc1. The van der Waals surface area contributed by atoms with Crippen LogP contribution < -0.4 is 4.74 Å². The van der Waals surface area contributed by atoms with Gasteiger partial charge < -0.3 is 14.7 Å². The minimum Gasteiger partial charge on any atom is -0.507 e. The van der Waals surface area contributed by atoms with Gasteiger partial charge in [0.2, 0.25) is 0 Å². The van der Waals surface area contributed by atoms with Crippen molar-refractivity contribution in [2.24, 2.45) is 0 Å². The first kappa shape index (κ1) is 20.9. The molecule has 0 aromatic heterocycles. The number of carbonyl (C=O) groups excluding carboxylic acids is 2. The molecule has 2 aromatic carbocycles. The summed E-state index contributed by atoms with van der Waals surface area (Å²) in [6.07, 6.45) is 2.75. The van der Waals surface area contributed by atoms with E-state index in [1.54, 1.807) is 17.0 Å². The number of nitrogens with zero attached hydrogens (tertiary/aromatic N) is 1. The summed E-state index contributed by atoms with van der Waals surface area (Å²) in [4.78, 5) is 27.2. The van der Waals surface area contributed by atoms with Gasteiger partial charge in [-0.15, -0.1) is 0 Å². The second kappa shape index (κ2) is 9.14. The van der Waals surface area contributed by atoms with Crippen LogP contribution in [0.3, 0.4) is 0 Å². The number of hydrogen-bond acceptors (Lipinski definition) is 4. The maximum absolute atomic E-state index is 12.9. The number of hydrogen-bond donors (Lipinski definition) is 1. The maximum Gasteiger partial charge on any atom is 0.295 e. The molecule has 1 aliphatic heterocycles.